The number of ether oxygens (including phenoxy) is 3. The van der Waals surface area contributed by atoms with E-state index in [4.69, 9.17) is 18.6 Å². The number of methoxy groups -OCH3 is 3. The summed E-state index contributed by atoms with van der Waals surface area (Å²) in [4.78, 5) is 38.1. The van der Waals surface area contributed by atoms with Gasteiger partial charge in [0.25, 0.3) is 0 Å². The van der Waals surface area contributed by atoms with Crippen LogP contribution in [0, 0.1) is 6.92 Å². The maximum Gasteiger partial charge on any atom is 0.343 e. The van der Waals surface area contributed by atoms with Gasteiger partial charge >= 0.3 is 5.63 Å². The van der Waals surface area contributed by atoms with Gasteiger partial charge < -0.3 is 29.1 Å². The molecule has 0 radical (unpaired) electrons. The summed E-state index contributed by atoms with van der Waals surface area (Å²) < 4.78 is 21.5. The van der Waals surface area contributed by atoms with Gasteiger partial charge in [-0.15, -0.1) is 0 Å². The fourth-order valence-electron chi connectivity index (χ4n) is 3.86. The van der Waals surface area contributed by atoms with Crippen LogP contribution in [-0.2, 0) is 4.79 Å². The predicted octanol–water partition coefficient (Wildman–Crippen LogP) is 3.20. The van der Waals surface area contributed by atoms with Crippen LogP contribution in [0.2, 0.25) is 0 Å². The Balaban J connectivity index is 2.00. The second-order valence-corrected chi connectivity index (χ2v) is 7.69. The molecule has 9 heteroatoms. The average molecular weight is 482 g/mol. The molecule has 35 heavy (non-hydrogen) atoms. The van der Waals surface area contributed by atoms with Gasteiger partial charge in [-0.1, -0.05) is 36.4 Å². The number of hydrogen-bond donors (Lipinski definition) is 2. The molecule has 184 valence electrons. The van der Waals surface area contributed by atoms with Crippen LogP contribution in [0.1, 0.15) is 39.6 Å². The van der Waals surface area contributed by atoms with Crippen molar-refractivity contribution in [1.82, 2.24) is 5.32 Å². The highest BCUT2D eigenvalue weighted by molar-refractivity contribution is 5.99. The Hall–Kier alpha value is -4.27. The molecule has 1 unspecified atom stereocenters. The standard InChI is InChI=1S/C26H27NO8/c1-15-12-19(28)23(26(31)35-15)18(17-10-11-21(32-2)25(34-4)24(17)33-3)13-22(30)27-14-20(29)16-8-6-5-7-9-16/h5-12,18,28H,13-14H2,1-4H3,(H,27,30). The SMILES string of the molecule is COc1ccc(C(CC(=O)NCC(=O)c2ccccc2)c2c(O)cc(C)oc2=O)c(OC)c1OC. The van der Waals surface area contributed by atoms with Crippen molar-refractivity contribution in [2.45, 2.75) is 19.3 Å². The number of Topliss-reactive ketones (excluding diaryl/α,β-unsaturated/α-hetero) is 1. The molecule has 0 spiro atoms. The Morgan fingerprint density at radius 3 is 2.29 bits per heavy atom. The van der Waals surface area contributed by atoms with Gasteiger partial charge in [0, 0.05) is 29.5 Å². The van der Waals surface area contributed by atoms with Crippen LogP contribution in [0.15, 0.2) is 57.7 Å². The van der Waals surface area contributed by atoms with Crippen LogP contribution >= 0.6 is 0 Å². The number of aromatic hydroxyl groups is 1. The van der Waals surface area contributed by atoms with Crippen LogP contribution in [0.3, 0.4) is 0 Å². The van der Waals surface area contributed by atoms with Crippen molar-refractivity contribution >= 4 is 11.7 Å². The highest BCUT2D eigenvalue weighted by atomic mass is 16.5. The minimum atomic E-state index is -0.978. The molecule has 0 saturated heterocycles. The zero-order valence-electron chi connectivity index (χ0n) is 19.9. The summed E-state index contributed by atoms with van der Waals surface area (Å²) in [5.74, 6) is -1.01. The van der Waals surface area contributed by atoms with Gasteiger partial charge in [0.15, 0.2) is 17.3 Å². The van der Waals surface area contributed by atoms with Crippen molar-refractivity contribution in [3.8, 4) is 23.0 Å². The predicted molar refractivity (Wildman–Crippen MR) is 128 cm³/mol. The fourth-order valence-corrected chi connectivity index (χ4v) is 3.86. The third kappa shape index (κ3) is 5.63. The van der Waals surface area contributed by atoms with Gasteiger partial charge in [0.2, 0.25) is 11.7 Å². The van der Waals surface area contributed by atoms with E-state index < -0.39 is 17.5 Å². The van der Waals surface area contributed by atoms with E-state index in [-0.39, 0.29) is 47.3 Å². The van der Waals surface area contributed by atoms with Gasteiger partial charge in [0.1, 0.15) is 11.5 Å². The molecule has 1 heterocycles. The first-order chi connectivity index (χ1) is 16.8. The highest BCUT2D eigenvalue weighted by Crippen LogP contribution is 2.45. The first-order valence-corrected chi connectivity index (χ1v) is 10.8. The maximum absolute atomic E-state index is 12.9. The van der Waals surface area contributed by atoms with E-state index in [1.54, 1.807) is 42.5 Å². The van der Waals surface area contributed by atoms with Gasteiger partial charge in [-0.25, -0.2) is 4.79 Å². The molecule has 0 saturated carbocycles. The number of nitrogens with one attached hydrogen (secondary N) is 1. The largest absolute Gasteiger partial charge is 0.507 e. The molecule has 9 nitrogen and oxygen atoms in total. The van der Waals surface area contributed by atoms with Crippen LogP contribution in [0.4, 0.5) is 0 Å². The number of carbonyl (C=O) groups excluding carboxylic acids is 2. The van der Waals surface area contributed by atoms with E-state index in [2.05, 4.69) is 5.32 Å². The van der Waals surface area contributed by atoms with Crippen molar-refractivity contribution < 1.29 is 33.3 Å². The second-order valence-electron chi connectivity index (χ2n) is 7.69. The lowest BCUT2D eigenvalue weighted by Gasteiger charge is -2.22. The third-order valence-corrected chi connectivity index (χ3v) is 5.48. The molecular formula is C26H27NO8. The van der Waals surface area contributed by atoms with E-state index >= 15 is 0 Å². The second kappa shape index (κ2) is 11.2. The number of aryl methyl sites for hydroxylation is 1. The number of ketones is 1. The molecule has 0 aliphatic heterocycles. The summed E-state index contributed by atoms with van der Waals surface area (Å²) >= 11 is 0. The van der Waals surface area contributed by atoms with Gasteiger partial charge in [-0.05, 0) is 13.0 Å². The summed E-state index contributed by atoms with van der Waals surface area (Å²) in [5, 5.41) is 13.2. The van der Waals surface area contributed by atoms with Gasteiger partial charge in [0.05, 0.1) is 33.4 Å². The number of rotatable bonds is 10. The Labute approximate surface area is 202 Å². The number of amides is 1. The number of hydrogen-bond acceptors (Lipinski definition) is 8. The molecule has 3 rings (SSSR count). The smallest absolute Gasteiger partial charge is 0.343 e. The zero-order valence-corrected chi connectivity index (χ0v) is 19.9. The molecule has 2 N–H and O–H groups in total. The highest BCUT2D eigenvalue weighted by Gasteiger charge is 2.30. The van der Waals surface area contributed by atoms with Crippen molar-refractivity contribution in [1.29, 1.82) is 0 Å². The molecule has 2 aromatic carbocycles. The quantitative estimate of drug-likeness (QED) is 0.423. The summed E-state index contributed by atoms with van der Waals surface area (Å²) in [7, 11) is 4.30. The Kier molecular flexibility index (Phi) is 8.14. The lowest BCUT2D eigenvalue weighted by Crippen LogP contribution is -2.31. The average Bonchev–Trinajstić information content (AvgIpc) is 2.85. The zero-order chi connectivity index (χ0) is 25.5. The summed E-state index contributed by atoms with van der Waals surface area (Å²) in [6, 6.07) is 13.1. The monoisotopic (exact) mass is 481 g/mol. The molecule has 1 aromatic heterocycles. The van der Waals surface area contributed by atoms with Crippen molar-refractivity contribution in [3.05, 3.63) is 81.4 Å². The maximum atomic E-state index is 12.9. The number of carbonyl (C=O) groups is 2. The van der Waals surface area contributed by atoms with Gasteiger partial charge in [-0.3, -0.25) is 9.59 Å². The lowest BCUT2D eigenvalue weighted by atomic mass is 9.87. The third-order valence-electron chi connectivity index (χ3n) is 5.48. The van der Waals surface area contributed by atoms with E-state index in [9.17, 15) is 19.5 Å². The minimum absolute atomic E-state index is 0.120. The summed E-state index contributed by atoms with van der Waals surface area (Å²) in [6.07, 6.45) is -0.282. The summed E-state index contributed by atoms with van der Waals surface area (Å²) in [6.45, 7) is 1.30. The first kappa shape index (κ1) is 25.4. The van der Waals surface area contributed by atoms with Gasteiger partial charge in [-0.2, -0.15) is 0 Å². The molecule has 0 bridgehead atoms. The topological polar surface area (TPSA) is 124 Å². The Morgan fingerprint density at radius 2 is 1.69 bits per heavy atom. The molecular weight excluding hydrogens is 454 g/mol. The van der Waals surface area contributed by atoms with Crippen LogP contribution in [-0.4, -0.2) is 44.7 Å². The van der Waals surface area contributed by atoms with Crippen molar-refractivity contribution in [2.24, 2.45) is 0 Å². The molecule has 1 atom stereocenters. The Morgan fingerprint density at radius 1 is 1.00 bits per heavy atom. The minimum Gasteiger partial charge on any atom is -0.507 e. The van der Waals surface area contributed by atoms with Crippen molar-refractivity contribution in [2.75, 3.05) is 27.9 Å². The molecule has 0 fully saturated rings. The van der Waals surface area contributed by atoms with E-state index in [1.165, 1.54) is 34.3 Å². The lowest BCUT2D eigenvalue weighted by molar-refractivity contribution is -0.121. The number of benzene rings is 2. The molecule has 0 aliphatic rings. The Bertz CT molecular complexity index is 1270. The van der Waals surface area contributed by atoms with E-state index in [0.29, 0.717) is 16.9 Å². The molecule has 3 aromatic rings. The van der Waals surface area contributed by atoms with Crippen molar-refractivity contribution in [3.63, 3.8) is 0 Å². The summed E-state index contributed by atoms with van der Waals surface area (Å²) in [5.41, 5.74) is -0.0629. The van der Waals surface area contributed by atoms with Crippen LogP contribution in [0.5, 0.6) is 23.0 Å². The normalized spacial score (nSPS) is 11.4. The van der Waals surface area contributed by atoms with Crippen LogP contribution < -0.4 is 25.2 Å². The molecule has 0 aliphatic carbocycles. The molecule has 1 amide bonds. The van der Waals surface area contributed by atoms with Crippen LogP contribution in [0.25, 0.3) is 0 Å². The van der Waals surface area contributed by atoms with E-state index in [1.807, 2.05) is 0 Å². The van der Waals surface area contributed by atoms with E-state index in [0.717, 1.165) is 0 Å². The fraction of sp³-hybridized carbons (Fsp3) is 0.269. The first-order valence-electron chi connectivity index (χ1n) is 10.8.